The number of piperidine rings is 2. The van der Waals surface area contributed by atoms with E-state index in [1.54, 1.807) is 0 Å². The van der Waals surface area contributed by atoms with Gasteiger partial charge in [0.1, 0.15) is 0 Å². The number of ether oxygens (including phenoxy) is 1. The van der Waals surface area contributed by atoms with E-state index in [1.807, 2.05) is 32.3 Å². The summed E-state index contributed by atoms with van der Waals surface area (Å²) in [6.45, 7) is 10.4. The largest absolute Gasteiger partial charge is 0.381 e. The van der Waals surface area contributed by atoms with E-state index in [4.69, 9.17) is 4.74 Å². The standard InChI is InChI=1S/C17H28N4O.C2H6/c1-20-9-3-15(4-10-20)13-22-14-16-5-11-21(12-6-16)17-18-7-2-8-19-17;1-2/h2,7-8,15-16H,3-6,9-14H2,1H3;1-2H3. The summed E-state index contributed by atoms with van der Waals surface area (Å²) in [6, 6.07) is 1.87. The van der Waals surface area contributed by atoms with Crippen LogP contribution in [0.1, 0.15) is 39.5 Å². The van der Waals surface area contributed by atoms with Gasteiger partial charge in [0, 0.05) is 38.7 Å². The monoisotopic (exact) mass is 334 g/mol. The summed E-state index contributed by atoms with van der Waals surface area (Å²) >= 11 is 0. The summed E-state index contributed by atoms with van der Waals surface area (Å²) in [5.41, 5.74) is 0. The second kappa shape index (κ2) is 10.6. The highest BCUT2D eigenvalue weighted by Gasteiger charge is 2.22. The van der Waals surface area contributed by atoms with Crippen molar-refractivity contribution in [1.29, 1.82) is 0 Å². The molecule has 1 aromatic heterocycles. The zero-order valence-corrected chi connectivity index (χ0v) is 15.7. The van der Waals surface area contributed by atoms with Crippen molar-refractivity contribution >= 4 is 5.95 Å². The van der Waals surface area contributed by atoms with Gasteiger partial charge < -0.3 is 14.5 Å². The van der Waals surface area contributed by atoms with E-state index in [1.165, 1.54) is 38.8 Å². The molecule has 3 rings (SSSR count). The molecule has 2 aliphatic heterocycles. The first kappa shape index (κ1) is 19.1. The molecule has 0 atom stereocenters. The van der Waals surface area contributed by atoms with Crippen molar-refractivity contribution in [3.8, 4) is 0 Å². The topological polar surface area (TPSA) is 41.5 Å². The van der Waals surface area contributed by atoms with Gasteiger partial charge in [0.15, 0.2) is 0 Å². The van der Waals surface area contributed by atoms with Crippen LogP contribution in [0.4, 0.5) is 5.95 Å². The third kappa shape index (κ3) is 6.02. The van der Waals surface area contributed by atoms with Crippen LogP contribution in [0.3, 0.4) is 0 Å². The van der Waals surface area contributed by atoms with Gasteiger partial charge in [-0.25, -0.2) is 9.97 Å². The normalized spacial score (nSPS) is 20.5. The van der Waals surface area contributed by atoms with Crippen LogP contribution in [0, 0.1) is 11.8 Å². The first-order valence-electron chi connectivity index (χ1n) is 9.59. The lowest BCUT2D eigenvalue weighted by molar-refractivity contribution is 0.0458. The van der Waals surface area contributed by atoms with Gasteiger partial charge in [-0.1, -0.05) is 13.8 Å². The van der Waals surface area contributed by atoms with Crippen molar-refractivity contribution in [2.24, 2.45) is 11.8 Å². The van der Waals surface area contributed by atoms with E-state index in [9.17, 15) is 0 Å². The Hall–Kier alpha value is -1.20. The molecule has 2 fully saturated rings. The molecule has 0 saturated carbocycles. The van der Waals surface area contributed by atoms with Crippen LogP contribution >= 0.6 is 0 Å². The molecule has 2 saturated heterocycles. The average molecular weight is 335 g/mol. The minimum Gasteiger partial charge on any atom is -0.381 e. The predicted molar refractivity (Wildman–Crippen MR) is 99.4 cm³/mol. The summed E-state index contributed by atoms with van der Waals surface area (Å²) in [5.74, 6) is 2.34. The summed E-state index contributed by atoms with van der Waals surface area (Å²) in [5, 5.41) is 0. The highest BCUT2D eigenvalue weighted by atomic mass is 16.5. The maximum atomic E-state index is 6.02. The Balaban J connectivity index is 0.00000100. The summed E-state index contributed by atoms with van der Waals surface area (Å²) in [7, 11) is 2.21. The fourth-order valence-corrected chi connectivity index (χ4v) is 3.38. The van der Waals surface area contributed by atoms with Gasteiger partial charge in [0.2, 0.25) is 5.95 Å². The smallest absolute Gasteiger partial charge is 0.225 e. The minimum absolute atomic E-state index is 0.700. The Labute approximate surface area is 147 Å². The lowest BCUT2D eigenvalue weighted by Gasteiger charge is -2.32. The fraction of sp³-hybridized carbons (Fsp3) is 0.789. The van der Waals surface area contributed by atoms with E-state index < -0.39 is 0 Å². The number of hydrogen-bond donors (Lipinski definition) is 0. The molecule has 0 aliphatic carbocycles. The highest BCUT2D eigenvalue weighted by Crippen LogP contribution is 2.22. The van der Waals surface area contributed by atoms with Gasteiger partial charge in [0.05, 0.1) is 0 Å². The highest BCUT2D eigenvalue weighted by molar-refractivity contribution is 5.28. The average Bonchev–Trinajstić information content (AvgIpc) is 2.66. The first-order chi connectivity index (χ1) is 11.8. The number of rotatable bonds is 5. The molecule has 1 aromatic rings. The van der Waals surface area contributed by atoms with Crippen molar-refractivity contribution in [3.63, 3.8) is 0 Å². The van der Waals surface area contributed by atoms with Gasteiger partial charge in [-0.05, 0) is 63.7 Å². The molecule has 5 heteroatoms. The van der Waals surface area contributed by atoms with Crippen LogP contribution in [0.5, 0.6) is 0 Å². The molecule has 0 bridgehead atoms. The quantitative estimate of drug-likeness (QED) is 0.828. The molecule has 136 valence electrons. The predicted octanol–water partition coefficient (Wildman–Crippen LogP) is 3.08. The molecule has 0 N–H and O–H groups in total. The van der Waals surface area contributed by atoms with E-state index in [2.05, 4.69) is 26.8 Å². The summed E-state index contributed by atoms with van der Waals surface area (Å²) < 4.78 is 6.02. The second-order valence-electron chi connectivity index (χ2n) is 6.76. The number of likely N-dealkylation sites (tertiary alicyclic amines) is 1. The Bertz CT molecular complexity index is 426. The van der Waals surface area contributed by atoms with Gasteiger partial charge in [-0.3, -0.25) is 0 Å². The Morgan fingerprint density at radius 3 is 1.96 bits per heavy atom. The molecular weight excluding hydrogens is 300 g/mol. The Kier molecular flexibility index (Phi) is 8.47. The maximum absolute atomic E-state index is 6.02. The van der Waals surface area contributed by atoms with Crippen molar-refractivity contribution in [3.05, 3.63) is 18.5 Å². The van der Waals surface area contributed by atoms with Crippen molar-refractivity contribution in [1.82, 2.24) is 14.9 Å². The Morgan fingerprint density at radius 1 is 0.917 bits per heavy atom. The number of aromatic nitrogens is 2. The van der Waals surface area contributed by atoms with Crippen LogP contribution in [0.25, 0.3) is 0 Å². The van der Waals surface area contributed by atoms with Gasteiger partial charge in [0.25, 0.3) is 0 Å². The van der Waals surface area contributed by atoms with E-state index in [0.717, 1.165) is 38.2 Å². The molecule has 0 radical (unpaired) electrons. The van der Waals surface area contributed by atoms with Gasteiger partial charge >= 0.3 is 0 Å². The zero-order chi connectivity index (χ0) is 17.2. The van der Waals surface area contributed by atoms with Crippen molar-refractivity contribution < 1.29 is 4.74 Å². The first-order valence-corrected chi connectivity index (χ1v) is 9.59. The van der Waals surface area contributed by atoms with Crippen LogP contribution in [0.15, 0.2) is 18.5 Å². The molecule has 24 heavy (non-hydrogen) atoms. The van der Waals surface area contributed by atoms with E-state index in [-0.39, 0.29) is 0 Å². The summed E-state index contributed by atoms with van der Waals surface area (Å²) in [6.07, 6.45) is 8.59. The van der Waals surface area contributed by atoms with Crippen LogP contribution in [-0.2, 0) is 4.74 Å². The third-order valence-corrected chi connectivity index (χ3v) is 4.99. The lowest BCUT2D eigenvalue weighted by atomic mass is 9.97. The molecule has 0 spiro atoms. The van der Waals surface area contributed by atoms with Crippen molar-refractivity contribution in [2.75, 3.05) is 51.3 Å². The van der Waals surface area contributed by atoms with Gasteiger partial charge in [-0.2, -0.15) is 0 Å². The van der Waals surface area contributed by atoms with Crippen LogP contribution in [0.2, 0.25) is 0 Å². The SMILES string of the molecule is CC.CN1CCC(COCC2CCN(c3ncccn3)CC2)CC1. The molecule has 0 amide bonds. The fourth-order valence-electron chi connectivity index (χ4n) is 3.38. The molecular formula is C19H34N4O. The summed E-state index contributed by atoms with van der Waals surface area (Å²) in [4.78, 5) is 13.4. The Morgan fingerprint density at radius 2 is 1.42 bits per heavy atom. The molecule has 5 nitrogen and oxygen atoms in total. The number of anilines is 1. The molecule has 0 aromatic carbocycles. The van der Waals surface area contributed by atoms with Gasteiger partial charge in [-0.15, -0.1) is 0 Å². The molecule has 0 unspecified atom stereocenters. The van der Waals surface area contributed by atoms with Crippen molar-refractivity contribution in [2.45, 2.75) is 39.5 Å². The van der Waals surface area contributed by atoms with Crippen LogP contribution in [-0.4, -0.2) is 61.3 Å². The molecule has 2 aliphatic rings. The maximum Gasteiger partial charge on any atom is 0.225 e. The number of hydrogen-bond acceptors (Lipinski definition) is 5. The van der Waals surface area contributed by atoms with E-state index in [0.29, 0.717) is 5.92 Å². The lowest BCUT2D eigenvalue weighted by Crippen LogP contribution is -2.36. The second-order valence-corrected chi connectivity index (χ2v) is 6.76. The minimum atomic E-state index is 0.700. The van der Waals surface area contributed by atoms with E-state index >= 15 is 0 Å². The molecule has 3 heterocycles. The number of nitrogens with zero attached hydrogens (tertiary/aromatic N) is 4. The third-order valence-electron chi connectivity index (χ3n) is 4.99. The zero-order valence-electron chi connectivity index (χ0n) is 15.7. The van der Waals surface area contributed by atoms with Crippen LogP contribution < -0.4 is 4.90 Å².